The smallest absolute Gasteiger partial charge is 0.226 e. The summed E-state index contributed by atoms with van der Waals surface area (Å²) in [5.41, 5.74) is 5.82. The summed E-state index contributed by atoms with van der Waals surface area (Å²) >= 11 is 0. The molecule has 0 aliphatic heterocycles. The van der Waals surface area contributed by atoms with Crippen molar-refractivity contribution in [1.29, 1.82) is 0 Å². The number of hydrogen-bond donors (Lipinski definition) is 2. The zero-order valence-electron chi connectivity index (χ0n) is 11.8. The minimum absolute atomic E-state index is 0. The molecule has 2 aliphatic carbocycles. The summed E-state index contributed by atoms with van der Waals surface area (Å²) in [6.45, 7) is 3.22. The zero-order valence-corrected chi connectivity index (χ0v) is 12.6. The van der Waals surface area contributed by atoms with Gasteiger partial charge >= 0.3 is 0 Å². The Hall–Kier alpha value is -0.320. The van der Waals surface area contributed by atoms with Crippen LogP contribution in [0.1, 0.15) is 45.4 Å². The van der Waals surface area contributed by atoms with Gasteiger partial charge in [-0.05, 0) is 32.1 Å². The lowest BCUT2D eigenvalue weighted by atomic mass is 9.84. The topological polar surface area (TPSA) is 64.3 Å². The molecule has 2 aliphatic rings. The third-order valence-electron chi connectivity index (χ3n) is 4.25. The first-order chi connectivity index (χ1) is 8.76. The van der Waals surface area contributed by atoms with E-state index in [0.29, 0.717) is 19.1 Å². The van der Waals surface area contributed by atoms with E-state index in [4.69, 9.17) is 10.5 Å². The molecule has 2 fully saturated rings. The van der Waals surface area contributed by atoms with Gasteiger partial charge in [-0.1, -0.05) is 19.3 Å². The molecule has 3 unspecified atom stereocenters. The monoisotopic (exact) mass is 290 g/mol. The summed E-state index contributed by atoms with van der Waals surface area (Å²) < 4.78 is 5.46. The van der Waals surface area contributed by atoms with Gasteiger partial charge in [0, 0.05) is 19.2 Å². The molecule has 112 valence electrons. The van der Waals surface area contributed by atoms with Crippen LogP contribution >= 0.6 is 12.4 Å². The quantitative estimate of drug-likeness (QED) is 0.785. The van der Waals surface area contributed by atoms with Crippen molar-refractivity contribution < 1.29 is 9.53 Å². The summed E-state index contributed by atoms with van der Waals surface area (Å²) in [5, 5.41) is 3.14. The first kappa shape index (κ1) is 16.7. The Morgan fingerprint density at radius 3 is 2.63 bits per heavy atom. The predicted molar refractivity (Wildman–Crippen MR) is 78.3 cm³/mol. The van der Waals surface area contributed by atoms with Gasteiger partial charge < -0.3 is 15.8 Å². The lowest BCUT2D eigenvalue weighted by molar-refractivity contribution is -0.124. The first-order valence-corrected chi connectivity index (χ1v) is 7.38. The maximum Gasteiger partial charge on any atom is 0.226 e. The molecular weight excluding hydrogens is 264 g/mol. The SMILES string of the molecule is CCOC1CC1C(=O)NC(CN)C1CCCCC1.Cl. The Balaban J connectivity index is 0.00000180. The van der Waals surface area contributed by atoms with E-state index in [1.165, 1.54) is 32.1 Å². The fraction of sp³-hybridized carbons (Fsp3) is 0.929. The fourth-order valence-electron chi connectivity index (χ4n) is 3.04. The maximum absolute atomic E-state index is 12.1. The highest BCUT2D eigenvalue weighted by Crippen LogP contribution is 2.34. The number of carbonyl (C=O) groups is 1. The number of hydrogen-bond acceptors (Lipinski definition) is 3. The Bertz CT molecular complexity index is 283. The molecule has 0 spiro atoms. The number of carbonyl (C=O) groups excluding carboxylic acids is 1. The molecule has 2 saturated carbocycles. The van der Waals surface area contributed by atoms with E-state index in [9.17, 15) is 4.79 Å². The van der Waals surface area contributed by atoms with Crippen LogP contribution in [0.4, 0.5) is 0 Å². The van der Waals surface area contributed by atoms with E-state index in [-0.39, 0.29) is 36.4 Å². The van der Waals surface area contributed by atoms with Gasteiger partial charge in [0.25, 0.3) is 0 Å². The second-order valence-electron chi connectivity index (χ2n) is 5.58. The largest absolute Gasteiger partial charge is 0.378 e. The Morgan fingerprint density at radius 1 is 1.37 bits per heavy atom. The van der Waals surface area contributed by atoms with Gasteiger partial charge in [0.2, 0.25) is 5.91 Å². The van der Waals surface area contributed by atoms with Crippen molar-refractivity contribution in [3.05, 3.63) is 0 Å². The number of ether oxygens (including phenoxy) is 1. The fourth-order valence-corrected chi connectivity index (χ4v) is 3.04. The summed E-state index contributed by atoms with van der Waals surface area (Å²) in [5.74, 6) is 0.800. The van der Waals surface area contributed by atoms with Crippen LogP contribution in [0.25, 0.3) is 0 Å². The Labute approximate surface area is 122 Å². The lowest BCUT2D eigenvalue weighted by Crippen LogP contribution is -2.46. The number of nitrogens with one attached hydrogen (secondary N) is 1. The summed E-state index contributed by atoms with van der Waals surface area (Å²) in [4.78, 5) is 12.1. The minimum Gasteiger partial charge on any atom is -0.378 e. The van der Waals surface area contributed by atoms with E-state index in [2.05, 4.69) is 5.32 Å². The van der Waals surface area contributed by atoms with E-state index in [0.717, 1.165) is 6.42 Å². The lowest BCUT2D eigenvalue weighted by Gasteiger charge is -2.30. The van der Waals surface area contributed by atoms with Crippen LogP contribution < -0.4 is 11.1 Å². The van der Waals surface area contributed by atoms with Crippen molar-refractivity contribution in [3.8, 4) is 0 Å². The number of halogens is 1. The molecule has 0 heterocycles. The van der Waals surface area contributed by atoms with E-state index in [1.807, 2.05) is 6.92 Å². The zero-order chi connectivity index (χ0) is 13.0. The standard InChI is InChI=1S/C14H26N2O2.ClH/c1-2-18-13-8-11(13)14(17)16-12(9-15)10-6-4-3-5-7-10;/h10-13H,2-9,15H2,1H3,(H,16,17);1H. The van der Waals surface area contributed by atoms with E-state index >= 15 is 0 Å². The molecule has 4 nitrogen and oxygen atoms in total. The third-order valence-corrected chi connectivity index (χ3v) is 4.25. The molecule has 0 aromatic heterocycles. The highest BCUT2D eigenvalue weighted by Gasteiger charge is 2.44. The minimum atomic E-state index is 0. The van der Waals surface area contributed by atoms with Crippen LogP contribution in [0, 0.1) is 11.8 Å². The van der Waals surface area contributed by atoms with E-state index in [1.54, 1.807) is 0 Å². The Morgan fingerprint density at radius 2 is 2.05 bits per heavy atom. The first-order valence-electron chi connectivity index (χ1n) is 7.38. The molecule has 2 rings (SSSR count). The van der Waals surface area contributed by atoms with Gasteiger partial charge in [0.1, 0.15) is 0 Å². The average molecular weight is 291 g/mol. The third kappa shape index (κ3) is 4.62. The van der Waals surface area contributed by atoms with Crippen molar-refractivity contribution in [2.24, 2.45) is 17.6 Å². The number of nitrogens with two attached hydrogens (primary N) is 1. The van der Waals surface area contributed by atoms with Gasteiger partial charge in [0.15, 0.2) is 0 Å². The van der Waals surface area contributed by atoms with Crippen LogP contribution in [0.15, 0.2) is 0 Å². The van der Waals surface area contributed by atoms with Crippen LogP contribution in [0.3, 0.4) is 0 Å². The van der Waals surface area contributed by atoms with Gasteiger partial charge in [-0.25, -0.2) is 0 Å². The van der Waals surface area contributed by atoms with Crippen LogP contribution in [-0.2, 0) is 9.53 Å². The highest BCUT2D eigenvalue weighted by molar-refractivity contribution is 5.85. The van der Waals surface area contributed by atoms with Gasteiger partial charge in [-0.2, -0.15) is 0 Å². The molecule has 1 amide bonds. The van der Waals surface area contributed by atoms with Gasteiger partial charge in [-0.3, -0.25) is 4.79 Å². The second-order valence-corrected chi connectivity index (χ2v) is 5.58. The van der Waals surface area contributed by atoms with Crippen LogP contribution in [-0.4, -0.2) is 31.2 Å². The van der Waals surface area contributed by atoms with E-state index < -0.39 is 0 Å². The summed E-state index contributed by atoms with van der Waals surface area (Å²) in [6.07, 6.45) is 7.34. The highest BCUT2D eigenvalue weighted by atomic mass is 35.5. The normalized spacial score (nSPS) is 28.3. The molecular formula is C14H27ClN2O2. The van der Waals surface area contributed by atoms with Crippen molar-refractivity contribution in [2.75, 3.05) is 13.2 Å². The van der Waals surface area contributed by atoms with Crippen LogP contribution in [0.2, 0.25) is 0 Å². The number of amides is 1. The maximum atomic E-state index is 12.1. The molecule has 0 radical (unpaired) electrons. The molecule has 3 N–H and O–H groups in total. The van der Waals surface area contributed by atoms with Gasteiger partial charge in [-0.15, -0.1) is 12.4 Å². The summed E-state index contributed by atoms with van der Waals surface area (Å²) in [6, 6.07) is 0.167. The average Bonchev–Trinajstić information content (AvgIpc) is 3.16. The molecule has 3 atom stereocenters. The summed E-state index contributed by atoms with van der Waals surface area (Å²) in [7, 11) is 0. The molecule has 19 heavy (non-hydrogen) atoms. The van der Waals surface area contributed by atoms with Crippen molar-refractivity contribution >= 4 is 18.3 Å². The molecule has 0 saturated heterocycles. The van der Waals surface area contributed by atoms with Crippen LogP contribution in [0.5, 0.6) is 0 Å². The molecule has 5 heteroatoms. The Kier molecular flexibility index (Phi) is 7.11. The second kappa shape index (κ2) is 8.08. The molecule has 0 bridgehead atoms. The number of rotatable bonds is 6. The predicted octanol–water partition coefficient (Wildman–Crippen LogP) is 1.86. The molecule has 0 aromatic carbocycles. The van der Waals surface area contributed by atoms with Crippen molar-refractivity contribution in [3.63, 3.8) is 0 Å². The van der Waals surface area contributed by atoms with Gasteiger partial charge in [0.05, 0.1) is 12.0 Å². The van der Waals surface area contributed by atoms with Crippen molar-refractivity contribution in [2.45, 2.75) is 57.6 Å². The molecule has 0 aromatic rings. The van der Waals surface area contributed by atoms with Crippen molar-refractivity contribution in [1.82, 2.24) is 5.32 Å².